The van der Waals surface area contributed by atoms with Crippen LogP contribution in [0.4, 0.5) is 0 Å². The third-order valence-corrected chi connectivity index (χ3v) is 6.41. The molecule has 1 aliphatic rings. The van der Waals surface area contributed by atoms with Crippen LogP contribution in [0.3, 0.4) is 0 Å². The Morgan fingerprint density at radius 2 is 1.75 bits per heavy atom. The first-order valence-corrected chi connectivity index (χ1v) is 9.74. The lowest BCUT2D eigenvalue weighted by Gasteiger charge is -2.35. The lowest BCUT2D eigenvalue weighted by Crippen LogP contribution is -2.45. The Kier molecular flexibility index (Phi) is 4.79. The number of thiophene rings is 1. The van der Waals surface area contributed by atoms with E-state index in [2.05, 4.69) is 45.9 Å². The van der Waals surface area contributed by atoms with Crippen molar-refractivity contribution in [2.45, 2.75) is 6.04 Å². The fourth-order valence-corrected chi connectivity index (χ4v) is 4.83. The van der Waals surface area contributed by atoms with E-state index in [0.717, 1.165) is 31.7 Å². The molecule has 1 aliphatic heterocycles. The van der Waals surface area contributed by atoms with E-state index in [0.29, 0.717) is 10.0 Å². The maximum Gasteiger partial charge on any atom is 0.0643 e. The van der Waals surface area contributed by atoms with Crippen LogP contribution < -0.4 is 5.32 Å². The van der Waals surface area contributed by atoms with Gasteiger partial charge in [0.2, 0.25) is 0 Å². The number of hydrogen-bond donors (Lipinski definition) is 1. The van der Waals surface area contributed by atoms with Gasteiger partial charge < -0.3 is 5.32 Å². The zero-order chi connectivity index (χ0) is 16.5. The number of piperazine rings is 1. The van der Waals surface area contributed by atoms with Gasteiger partial charge in [0.15, 0.2) is 0 Å². The summed E-state index contributed by atoms with van der Waals surface area (Å²) in [5, 5.41) is 8.30. The zero-order valence-electron chi connectivity index (χ0n) is 13.1. The second-order valence-corrected chi connectivity index (χ2v) is 7.72. The van der Waals surface area contributed by atoms with Gasteiger partial charge in [-0.15, -0.1) is 11.3 Å². The van der Waals surface area contributed by atoms with Crippen molar-refractivity contribution in [2.24, 2.45) is 0 Å². The van der Waals surface area contributed by atoms with Crippen LogP contribution in [0.2, 0.25) is 10.0 Å². The van der Waals surface area contributed by atoms with Crippen LogP contribution in [-0.4, -0.2) is 31.1 Å². The zero-order valence-corrected chi connectivity index (χ0v) is 15.5. The highest BCUT2D eigenvalue weighted by Gasteiger charge is 2.28. The molecule has 1 fully saturated rings. The number of nitrogens with one attached hydrogen (secondary N) is 1. The Labute approximate surface area is 156 Å². The molecule has 3 aromatic rings. The average Bonchev–Trinajstić information content (AvgIpc) is 3.04. The van der Waals surface area contributed by atoms with Crippen molar-refractivity contribution in [2.75, 3.05) is 26.2 Å². The molecule has 1 atom stereocenters. The van der Waals surface area contributed by atoms with Crippen LogP contribution in [0.25, 0.3) is 10.1 Å². The van der Waals surface area contributed by atoms with Gasteiger partial charge in [0.1, 0.15) is 0 Å². The molecule has 0 saturated carbocycles. The van der Waals surface area contributed by atoms with E-state index in [4.69, 9.17) is 23.2 Å². The molecule has 1 N–H and O–H groups in total. The largest absolute Gasteiger partial charge is 0.314 e. The van der Waals surface area contributed by atoms with Crippen molar-refractivity contribution in [3.8, 4) is 0 Å². The summed E-state index contributed by atoms with van der Waals surface area (Å²) in [5.41, 5.74) is 2.41. The van der Waals surface area contributed by atoms with Crippen molar-refractivity contribution < 1.29 is 0 Å². The molecular formula is C19H18Cl2N2S. The Hall–Kier alpha value is -1.10. The third-order valence-electron chi connectivity index (χ3n) is 4.60. The highest BCUT2D eigenvalue weighted by molar-refractivity contribution is 7.17. The monoisotopic (exact) mass is 376 g/mol. The fourth-order valence-electron chi connectivity index (χ4n) is 3.44. The van der Waals surface area contributed by atoms with E-state index in [-0.39, 0.29) is 6.04 Å². The van der Waals surface area contributed by atoms with E-state index in [1.807, 2.05) is 12.1 Å². The summed E-state index contributed by atoms with van der Waals surface area (Å²) in [4.78, 5) is 2.50. The van der Waals surface area contributed by atoms with Crippen LogP contribution >= 0.6 is 34.5 Å². The van der Waals surface area contributed by atoms with E-state index in [1.54, 1.807) is 11.3 Å². The van der Waals surface area contributed by atoms with Gasteiger partial charge in [0.25, 0.3) is 0 Å². The minimum atomic E-state index is 0.134. The minimum Gasteiger partial charge on any atom is -0.314 e. The van der Waals surface area contributed by atoms with Crippen molar-refractivity contribution in [1.29, 1.82) is 0 Å². The second-order valence-electron chi connectivity index (χ2n) is 6.02. The second kappa shape index (κ2) is 7.03. The number of fused-ring (bicyclic) bond motifs is 1. The van der Waals surface area contributed by atoms with E-state index in [9.17, 15) is 0 Å². The third kappa shape index (κ3) is 2.96. The molecule has 2 nitrogen and oxygen atoms in total. The Bertz CT molecular complexity index is 855. The van der Waals surface area contributed by atoms with Gasteiger partial charge in [-0.1, -0.05) is 53.5 Å². The maximum absolute atomic E-state index is 6.60. The molecule has 2 aromatic carbocycles. The van der Waals surface area contributed by atoms with E-state index in [1.165, 1.54) is 15.6 Å². The maximum atomic E-state index is 6.60. The number of rotatable bonds is 3. The molecule has 5 heteroatoms. The molecule has 0 bridgehead atoms. The quantitative estimate of drug-likeness (QED) is 0.675. The van der Waals surface area contributed by atoms with Gasteiger partial charge in [0, 0.05) is 30.9 Å². The summed E-state index contributed by atoms with van der Waals surface area (Å²) in [7, 11) is 0. The van der Waals surface area contributed by atoms with E-state index >= 15 is 0 Å². The highest BCUT2D eigenvalue weighted by atomic mass is 35.5. The molecule has 4 rings (SSSR count). The van der Waals surface area contributed by atoms with Gasteiger partial charge in [-0.05, 0) is 34.0 Å². The summed E-state index contributed by atoms with van der Waals surface area (Å²) >= 11 is 14.7. The lowest BCUT2D eigenvalue weighted by atomic mass is 9.96. The summed E-state index contributed by atoms with van der Waals surface area (Å²) in [5.74, 6) is 0. The van der Waals surface area contributed by atoms with Gasteiger partial charge in [-0.3, -0.25) is 4.90 Å². The summed E-state index contributed by atoms with van der Waals surface area (Å²) < 4.78 is 1.31. The molecule has 1 aromatic heterocycles. The fraction of sp³-hybridized carbons (Fsp3) is 0.263. The normalized spacial score (nSPS) is 17.2. The van der Waals surface area contributed by atoms with Crippen molar-refractivity contribution in [3.05, 3.63) is 69.0 Å². The van der Waals surface area contributed by atoms with Crippen LogP contribution in [0, 0.1) is 0 Å². The molecule has 0 spiro atoms. The molecule has 1 unspecified atom stereocenters. The molecule has 0 amide bonds. The Morgan fingerprint density at radius 1 is 0.958 bits per heavy atom. The van der Waals surface area contributed by atoms with Gasteiger partial charge >= 0.3 is 0 Å². The first-order valence-electron chi connectivity index (χ1n) is 8.10. The smallest absolute Gasteiger partial charge is 0.0643 e. The summed E-state index contributed by atoms with van der Waals surface area (Å²) in [6, 6.07) is 14.7. The van der Waals surface area contributed by atoms with Gasteiger partial charge in [-0.2, -0.15) is 0 Å². The lowest BCUT2D eigenvalue weighted by molar-refractivity contribution is 0.199. The molecule has 0 aliphatic carbocycles. The molecule has 1 saturated heterocycles. The SMILES string of the molecule is Clc1cccc(C(c2csc3ccccc23)N2CCNCC2)c1Cl. The Morgan fingerprint density at radius 3 is 2.58 bits per heavy atom. The van der Waals surface area contributed by atoms with Crippen LogP contribution in [0.5, 0.6) is 0 Å². The molecule has 124 valence electrons. The predicted octanol–water partition coefficient (Wildman–Crippen LogP) is 5.20. The first kappa shape index (κ1) is 16.4. The topological polar surface area (TPSA) is 15.3 Å². The molecular weight excluding hydrogens is 359 g/mol. The predicted molar refractivity (Wildman–Crippen MR) is 105 cm³/mol. The van der Waals surface area contributed by atoms with Crippen LogP contribution in [0.15, 0.2) is 47.8 Å². The number of nitrogens with zero attached hydrogens (tertiary/aromatic N) is 1. The number of hydrogen-bond acceptors (Lipinski definition) is 3. The molecule has 0 radical (unpaired) electrons. The van der Waals surface area contributed by atoms with Crippen molar-refractivity contribution in [3.63, 3.8) is 0 Å². The minimum absolute atomic E-state index is 0.134. The van der Waals surface area contributed by atoms with Crippen molar-refractivity contribution in [1.82, 2.24) is 10.2 Å². The highest BCUT2D eigenvalue weighted by Crippen LogP contribution is 2.41. The standard InChI is InChI=1S/C19H18Cl2N2S/c20-16-6-3-5-14(18(16)21)19(23-10-8-22-9-11-23)15-12-24-17-7-2-1-4-13(15)17/h1-7,12,19,22H,8-11H2. The van der Waals surface area contributed by atoms with Crippen LogP contribution in [-0.2, 0) is 0 Å². The summed E-state index contributed by atoms with van der Waals surface area (Å²) in [6.07, 6.45) is 0. The van der Waals surface area contributed by atoms with E-state index < -0.39 is 0 Å². The van der Waals surface area contributed by atoms with Crippen molar-refractivity contribution >= 4 is 44.6 Å². The number of benzene rings is 2. The molecule has 24 heavy (non-hydrogen) atoms. The number of halogens is 2. The van der Waals surface area contributed by atoms with Gasteiger partial charge in [-0.25, -0.2) is 0 Å². The summed E-state index contributed by atoms with van der Waals surface area (Å²) in [6.45, 7) is 3.99. The molecule has 2 heterocycles. The van der Waals surface area contributed by atoms with Crippen LogP contribution in [0.1, 0.15) is 17.2 Å². The Balaban J connectivity index is 1.88. The van der Waals surface area contributed by atoms with Gasteiger partial charge in [0.05, 0.1) is 16.1 Å². The first-order chi connectivity index (χ1) is 11.8. The average molecular weight is 377 g/mol.